The third-order valence-electron chi connectivity index (χ3n) is 4.64. The van der Waals surface area contributed by atoms with E-state index in [0.29, 0.717) is 5.41 Å². The molecule has 3 heteroatoms. The molecule has 1 spiro atoms. The average Bonchev–Trinajstić information content (AvgIpc) is 2.57. The summed E-state index contributed by atoms with van der Waals surface area (Å²) >= 11 is 3.52. The van der Waals surface area contributed by atoms with Crippen LogP contribution in [0.15, 0.2) is 22.7 Å². The van der Waals surface area contributed by atoms with E-state index in [1.54, 1.807) is 0 Å². The molecule has 18 heavy (non-hydrogen) atoms. The van der Waals surface area contributed by atoms with Gasteiger partial charge in [0.2, 0.25) is 5.91 Å². The van der Waals surface area contributed by atoms with E-state index >= 15 is 0 Å². The molecule has 1 heterocycles. The second-order valence-corrected chi connectivity index (χ2v) is 7.31. The molecule has 1 aliphatic heterocycles. The van der Waals surface area contributed by atoms with Gasteiger partial charge in [-0.15, -0.1) is 0 Å². The second-order valence-electron chi connectivity index (χ2n) is 6.39. The minimum absolute atomic E-state index is 0.200. The standard InChI is InChI=1S/C15H18BrNO/c1-14(2)5-7-15(8-6-14)11-9-10(16)3-4-12(11)17-13(15)18/h3-4,9H,5-8H2,1-2H3,(H,17,18). The van der Waals surface area contributed by atoms with Gasteiger partial charge >= 0.3 is 0 Å². The minimum Gasteiger partial charge on any atom is -0.325 e. The van der Waals surface area contributed by atoms with E-state index in [-0.39, 0.29) is 11.3 Å². The predicted octanol–water partition coefficient (Wildman–Crippen LogP) is 4.24. The minimum atomic E-state index is -0.269. The molecule has 0 aromatic heterocycles. The lowest BCUT2D eigenvalue weighted by molar-refractivity contribution is -0.122. The molecule has 1 N–H and O–H groups in total. The van der Waals surface area contributed by atoms with Gasteiger partial charge in [-0.2, -0.15) is 0 Å². The number of benzene rings is 1. The molecular weight excluding hydrogens is 290 g/mol. The third kappa shape index (κ3) is 1.71. The number of fused-ring (bicyclic) bond motifs is 2. The van der Waals surface area contributed by atoms with E-state index in [4.69, 9.17) is 0 Å². The number of rotatable bonds is 0. The van der Waals surface area contributed by atoms with Crippen LogP contribution in [0.3, 0.4) is 0 Å². The predicted molar refractivity (Wildman–Crippen MR) is 76.7 cm³/mol. The van der Waals surface area contributed by atoms with Gasteiger partial charge in [0.25, 0.3) is 0 Å². The Hall–Kier alpha value is -0.830. The van der Waals surface area contributed by atoms with Gasteiger partial charge in [-0.05, 0) is 54.9 Å². The Bertz CT molecular complexity index is 511. The Balaban J connectivity index is 2.04. The second kappa shape index (κ2) is 3.83. The van der Waals surface area contributed by atoms with Crippen molar-refractivity contribution in [2.75, 3.05) is 5.32 Å². The first-order chi connectivity index (χ1) is 8.43. The van der Waals surface area contributed by atoms with Gasteiger partial charge in [-0.3, -0.25) is 4.79 Å². The van der Waals surface area contributed by atoms with Crippen LogP contribution in [0.4, 0.5) is 5.69 Å². The Labute approximate surface area is 116 Å². The van der Waals surface area contributed by atoms with Crippen molar-refractivity contribution in [1.82, 2.24) is 0 Å². The molecule has 1 aliphatic carbocycles. The molecule has 1 aromatic carbocycles. The first-order valence-electron chi connectivity index (χ1n) is 6.55. The van der Waals surface area contributed by atoms with Crippen LogP contribution in [0.1, 0.15) is 45.1 Å². The molecule has 2 aliphatic rings. The topological polar surface area (TPSA) is 29.1 Å². The number of hydrogen-bond donors (Lipinski definition) is 1. The highest BCUT2D eigenvalue weighted by molar-refractivity contribution is 9.10. The fraction of sp³-hybridized carbons (Fsp3) is 0.533. The maximum Gasteiger partial charge on any atom is 0.235 e. The lowest BCUT2D eigenvalue weighted by Gasteiger charge is -2.40. The van der Waals surface area contributed by atoms with Crippen molar-refractivity contribution in [2.45, 2.75) is 44.9 Å². The van der Waals surface area contributed by atoms with Crippen molar-refractivity contribution in [2.24, 2.45) is 5.41 Å². The number of halogens is 1. The molecular formula is C15H18BrNO. The summed E-state index contributed by atoms with van der Waals surface area (Å²) in [6.07, 6.45) is 4.17. The van der Waals surface area contributed by atoms with Gasteiger partial charge in [0.15, 0.2) is 0 Å². The average molecular weight is 308 g/mol. The van der Waals surface area contributed by atoms with Crippen LogP contribution in [-0.2, 0) is 10.2 Å². The van der Waals surface area contributed by atoms with Gasteiger partial charge in [0.1, 0.15) is 0 Å². The van der Waals surface area contributed by atoms with Gasteiger partial charge in [-0.25, -0.2) is 0 Å². The summed E-state index contributed by atoms with van der Waals surface area (Å²) in [7, 11) is 0. The molecule has 96 valence electrons. The van der Waals surface area contributed by atoms with Crippen LogP contribution in [-0.4, -0.2) is 5.91 Å². The highest BCUT2D eigenvalue weighted by Gasteiger charge is 2.49. The number of carbonyl (C=O) groups is 1. The molecule has 1 amide bonds. The highest BCUT2D eigenvalue weighted by atomic mass is 79.9. The number of anilines is 1. The quantitative estimate of drug-likeness (QED) is 0.763. The van der Waals surface area contributed by atoms with Gasteiger partial charge < -0.3 is 5.32 Å². The zero-order valence-corrected chi connectivity index (χ0v) is 12.4. The summed E-state index contributed by atoms with van der Waals surface area (Å²) < 4.78 is 1.06. The Morgan fingerprint density at radius 3 is 2.50 bits per heavy atom. The highest BCUT2D eigenvalue weighted by Crippen LogP contribution is 2.52. The van der Waals surface area contributed by atoms with Crippen LogP contribution in [0.5, 0.6) is 0 Å². The molecule has 2 nitrogen and oxygen atoms in total. The number of hydrogen-bond acceptors (Lipinski definition) is 1. The largest absolute Gasteiger partial charge is 0.325 e. The third-order valence-corrected chi connectivity index (χ3v) is 5.13. The molecule has 0 atom stereocenters. The number of nitrogens with one attached hydrogen (secondary N) is 1. The molecule has 1 saturated carbocycles. The smallest absolute Gasteiger partial charge is 0.235 e. The summed E-state index contributed by atoms with van der Waals surface area (Å²) in [5.41, 5.74) is 2.30. The van der Waals surface area contributed by atoms with Crippen molar-refractivity contribution in [3.8, 4) is 0 Å². The van der Waals surface area contributed by atoms with E-state index in [9.17, 15) is 4.79 Å². The van der Waals surface area contributed by atoms with Gasteiger partial charge in [0, 0.05) is 10.2 Å². The number of carbonyl (C=O) groups excluding carboxylic acids is 1. The van der Waals surface area contributed by atoms with Crippen LogP contribution in [0.25, 0.3) is 0 Å². The first-order valence-corrected chi connectivity index (χ1v) is 7.34. The van der Waals surface area contributed by atoms with Gasteiger partial charge in [-0.1, -0.05) is 29.8 Å². The summed E-state index contributed by atoms with van der Waals surface area (Å²) in [6, 6.07) is 6.11. The molecule has 0 unspecified atom stereocenters. The number of amides is 1. The Morgan fingerprint density at radius 1 is 1.17 bits per heavy atom. The molecule has 0 bridgehead atoms. The summed E-state index contributed by atoms with van der Waals surface area (Å²) in [6.45, 7) is 4.60. The monoisotopic (exact) mass is 307 g/mol. The zero-order chi connectivity index (χ0) is 13.0. The van der Waals surface area contributed by atoms with Crippen LogP contribution in [0, 0.1) is 5.41 Å². The maximum atomic E-state index is 12.4. The van der Waals surface area contributed by atoms with E-state index < -0.39 is 0 Å². The van der Waals surface area contributed by atoms with E-state index in [1.165, 1.54) is 5.56 Å². The van der Waals surface area contributed by atoms with Crippen molar-refractivity contribution in [1.29, 1.82) is 0 Å². The molecule has 3 rings (SSSR count). The summed E-state index contributed by atoms with van der Waals surface area (Å²) in [5, 5.41) is 3.05. The molecule has 0 radical (unpaired) electrons. The van der Waals surface area contributed by atoms with Crippen LogP contribution >= 0.6 is 15.9 Å². The summed E-state index contributed by atoms with van der Waals surface area (Å²) in [5.74, 6) is 0.200. The molecule has 0 saturated heterocycles. The van der Waals surface area contributed by atoms with E-state index in [1.807, 2.05) is 12.1 Å². The maximum absolute atomic E-state index is 12.4. The molecule has 1 aromatic rings. The first kappa shape index (κ1) is 12.2. The summed E-state index contributed by atoms with van der Waals surface area (Å²) in [4.78, 5) is 12.4. The van der Waals surface area contributed by atoms with Crippen molar-refractivity contribution < 1.29 is 4.79 Å². The van der Waals surface area contributed by atoms with Crippen molar-refractivity contribution in [3.05, 3.63) is 28.2 Å². The van der Waals surface area contributed by atoms with Crippen molar-refractivity contribution in [3.63, 3.8) is 0 Å². The zero-order valence-electron chi connectivity index (χ0n) is 10.8. The molecule has 1 fully saturated rings. The normalized spacial score (nSPS) is 23.8. The lowest BCUT2D eigenvalue weighted by atomic mass is 9.63. The van der Waals surface area contributed by atoms with Crippen LogP contribution < -0.4 is 5.32 Å². The fourth-order valence-corrected chi connectivity index (χ4v) is 3.60. The Kier molecular flexibility index (Phi) is 2.60. The lowest BCUT2D eigenvalue weighted by Crippen LogP contribution is -2.40. The van der Waals surface area contributed by atoms with Gasteiger partial charge in [0.05, 0.1) is 5.41 Å². The van der Waals surface area contributed by atoms with Crippen molar-refractivity contribution >= 4 is 27.5 Å². The SMILES string of the molecule is CC1(C)CCC2(CC1)C(=O)Nc1ccc(Br)cc12. The fourth-order valence-electron chi connectivity index (χ4n) is 3.24. The Morgan fingerprint density at radius 2 is 1.83 bits per heavy atom. The van der Waals surface area contributed by atoms with E-state index in [2.05, 4.69) is 41.2 Å². The van der Waals surface area contributed by atoms with E-state index in [0.717, 1.165) is 35.8 Å². The van der Waals surface area contributed by atoms with Crippen LogP contribution in [0.2, 0.25) is 0 Å².